The molecule has 3 rings (SSSR count). The number of carbonyl (C=O) groups is 1. The Morgan fingerprint density at radius 3 is 2.44 bits per heavy atom. The maximum absolute atomic E-state index is 12.2. The number of benzene rings is 2. The van der Waals surface area contributed by atoms with Crippen molar-refractivity contribution < 1.29 is 23.0 Å². The van der Waals surface area contributed by atoms with Gasteiger partial charge in [0.1, 0.15) is 11.5 Å². The highest BCUT2D eigenvalue weighted by Gasteiger charge is 2.11. The Morgan fingerprint density at radius 1 is 1.11 bits per heavy atom. The summed E-state index contributed by atoms with van der Waals surface area (Å²) in [4.78, 5) is 16.2. The van der Waals surface area contributed by atoms with Crippen molar-refractivity contribution in [3.8, 4) is 22.9 Å². The van der Waals surface area contributed by atoms with Crippen LogP contribution in [0.15, 0.2) is 53.0 Å². The van der Waals surface area contributed by atoms with Crippen molar-refractivity contribution in [1.29, 1.82) is 0 Å². The maximum atomic E-state index is 12.2. The first-order valence-corrected chi connectivity index (χ1v) is 9.13. The van der Waals surface area contributed by atoms with Crippen LogP contribution in [-0.4, -0.2) is 28.5 Å². The molecule has 0 spiro atoms. The predicted octanol–water partition coefficient (Wildman–Crippen LogP) is 4.59. The summed E-state index contributed by atoms with van der Waals surface area (Å²) in [5, 5.41) is 2.91. The Balaban J connectivity index is 1.55. The summed E-state index contributed by atoms with van der Waals surface area (Å²) in [5.74, 6) is 0.606. The third-order valence-electron chi connectivity index (χ3n) is 3.19. The molecule has 10 heteroatoms. The monoisotopic (exact) mass is 455 g/mol. The van der Waals surface area contributed by atoms with Crippen molar-refractivity contribution in [3.05, 3.63) is 53.0 Å². The quantitative estimate of drug-likeness (QED) is 0.563. The highest BCUT2D eigenvalue weighted by atomic mass is 79.9. The van der Waals surface area contributed by atoms with Crippen LogP contribution in [0, 0.1) is 0 Å². The van der Waals surface area contributed by atoms with E-state index in [9.17, 15) is 13.6 Å². The minimum Gasteiger partial charge on any atom is -0.484 e. The van der Waals surface area contributed by atoms with E-state index in [0.717, 1.165) is 16.0 Å². The Morgan fingerprint density at radius 2 is 1.78 bits per heavy atom. The molecule has 27 heavy (non-hydrogen) atoms. The highest BCUT2D eigenvalue weighted by molar-refractivity contribution is 9.10. The summed E-state index contributed by atoms with van der Waals surface area (Å²) in [7, 11) is 0. The number of carbonyl (C=O) groups excluding carboxylic acids is 1. The number of ether oxygens (including phenoxy) is 2. The maximum Gasteiger partial charge on any atom is 0.387 e. The zero-order chi connectivity index (χ0) is 19.2. The number of amides is 1. The second-order valence-electron chi connectivity index (χ2n) is 5.12. The minimum absolute atomic E-state index is 0.0441. The molecule has 0 aliphatic rings. The summed E-state index contributed by atoms with van der Waals surface area (Å²) < 4.78 is 39.0. The van der Waals surface area contributed by atoms with Gasteiger partial charge in [-0.15, -0.1) is 0 Å². The van der Waals surface area contributed by atoms with Gasteiger partial charge in [-0.25, -0.2) is 0 Å². The van der Waals surface area contributed by atoms with Crippen molar-refractivity contribution in [1.82, 2.24) is 9.36 Å². The Kier molecular flexibility index (Phi) is 6.30. The number of hydrogen-bond acceptors (Lipinski definition) is 6. The molecule has 2 aromatic carbocycles. The average molecular weight is 456 g/mol. The molecule has 0 bridgehead atoms. The van der Waals surface area contributed by atoms with Crippen molar-refractivity contribution in [2.45, 2.75) is 6.61 Å². The number of nitrogens with one attached hydrogen (secondary N) is 1. The molecule has 0 radical (unpaired) electrons. The first-order valence-electron chi connectivity index (χ1n) is 7.57. The molecule has 0 aliphatic carbocycles. The fourth-order valence-electron chi connectivity index (χ4n) is 2.01. The van der Waals surface area contributed by atoms with Gasteiger partial charge in [0.05, 0.1) is 0 Å². The molecule has 0 aliphatic heterocycles. The lowest BCUT2D eigenvalue weighted by atomic mass is 10.2. The van der Waals surface area contributed by atoms with Gasteiger partial charge in [0, 0.05) is 21.6 Å². The second-order valence-corrected chi connectivity index (χ2v) is 6.78. The fraction of sp³-hybridized carbons (Fsp3) is 0.118. The molecular weight excluding hydrogens is 444 g/mol. The van der Waals surface area contributed by atoms with E-state index in [4.69, 9.17) is 4.74 Å². The second kappa shape index (κ2) is 8.87. The molecule has 6 nitrogen and oxygen atoms in total. The number of anilines is 1. The normalized spacial score (nSPS) is 10.7. The Labute approximate surface area is 165 Å². The molecule has 0 fully saturated rings. The number of nitrogens with zero attached hydrogens (tertiary/aromatic N) is 2. The zero-order valence-electron chi connectivity index (χ0n) is 13.6. The Bertz CT molecular complexity index is 905. The smallest absolute Gasteiger partial charge is 0.387 e. The van der Waals surface area contributed by atoms with Gasteiger partial charge in [-0.05, 0) is 48.5 Å². The molecule has 0 saturated carbocycles. The lowest BCUT2D eigenvalue weighted by molar-refractivity contribution is -0.118. The largest absolute Gasteiger partial charge is 0.484 e. The van der Waals surface area contributed by atoms with E-state index in [1.807, 2.05) is 12.1 Å². The third kappa shape index (κ3) is 5.69. The third-order valence-corrected chi connectivity index (χ3v) is 4.35. The summed E-state index contributed by atoms with van der Waals surface area (Å²) in [6.07, 6.45) is 0. The Hall–Kier alpha value is -2.59. The van der Waals surface area contributed by atoms with Gasteiger partial charge in [-0.1, -0.05) is 15.9 Å². The molecule has 1 heterocycles. The van der Waals surface area contributed by atoms with Crippen LogP contribution in [0.25, 0.3) is 11.4 Å². The zero-order valence-corrected chi connectivity index (χ0v) is 16.0. The van der Waals surface area contributed by atoms with Gasteiger partial charge in [0.25, 0.3) is 5.91 Å². The van der Waals surface area contributed by atoms with Crippen molar-refractivity contribution in [2.75, 3.05) is 11.9 Å². The highest BCUT2D eigenvalue weighted by Crippen LogP contribution is 2.24. The van der Waals surface area contributed by atoms with Gasteiger partial charge in [-0.3, -0.25) is 10.1 Å². The van der Waals surface area contributed by atoms with E-state index in [2.05, 4.69) is 35.3 Å². The van der Waals surface area contributed by atoms with Gasteiger partial charge >= 0.3 is 6.61 Å². The van der Waals surface area contributed by atoms with Crippen molar-refractivity contribution in [3.63, 3.8) is 0 Å². The molecule has 0 saturated heterocycles. The van der Waals surface area contributed by atoms with Gasteiger partial charge < -0.3 is 9.47 Å². The van der Waals surface area contributed by atoms with E-state index in [-0.39, 0.29) is 18.3 Å². The van der Waals surface area contributed by atoms with Gasteiger partial charge in [0.2, 0.25) is 5.13 Å². The number of alkyl halides is 2. The van der Waals surface area contributed by atoms with Crippen LogP contribution in [0.2, 0.25) is 0 Å². The van der Waals surface area contributed by atoms with E-state index < -0.39 is 6.61 Å². The standard InChI is InChI=1S/C17H12BrF2N3O3S/c18-11-3-7-12(8-4-11)25-9-14(24)21-17-22-15(23-27-17)10-1-5-13(6-2-10)26-16(19)20/h1-8,16H,9H2,(H,21,22,23,24). The summed E-state index contributed by atoms with van der Waals surface area (Å²) >= 11 is 4.32. The van der Waals surface area contributed by atoms with Gasteiger partial charge in [0.15, 0.2) is 12.4 Å². The number of rotatable bonds is 7. The number of hydrogen-bond donors (Lipinski definition) is 1. The molecule has 0 unspecified atom stereocenters. The molecule has 140 valence electrons. The number of halogens is 3. The van der Waals surface area contributed by atoms with Crippen molar-refractivity contribution in [2.24, 2.45) is 0 Å². The van der Waals surface area contributed by atoms with Crippen LogP contribution in [-0.2, 0) is 4.79 Å². The van der Waals surface area contributed by atoms with Crippen LogP contribution in [0.3, 0.4) is 0 Å². The average Bonchev–Trinajstić information content (AvgIpc) is 3.10. The van der Waals surface area contributed by atoms with Gasteiger partial charge in [-0.2, -0.15) is 18.1 Å². The van der Waals surface area contributed by atoms with E-state index in [1.165, 1.54) is 12.1 Å². The first-order chi connectivity index (χ1) is 13.0. The van der Waals surface area contributed by atoms with E-state index in [0.29, 0.717) is 22.3 Å². The summed E-state index contributed by atoms with van der Waals surface area (Å²) in [5.41, 5.74) is 0.611. The molecule has 3 aromatic rings. The van der Waals surface area contributed by atoms with Crippen LogP contribution in [0.1, 0.15) is 0 Å². The minimum atomic E-state index is -2.88. The molecule has 0 atom stereocenters. The van der Waals surface area contributed by atoms with Crippen LogP contribution in [0.5, 0.6) is 11.5 Å². The first kappa shape index (κ1) is 19.2. The summed E-state index contributed by atoms with van der Waals surface area (Å²) in [6, 6.07) is 13.0. The topological polar surface area (TPSA) is 73.3 Å². The van der Waals surface area contributed by atoms with E-state index in [1.54, 1.807) is 24.3 Å². The van der Waals surface area contributed by atoms with Crippen LogP contribution < -0.4 is 14.8 Å². The molecule has 1 N–H and O–H groups in total. The predicted molar refractivity (Wildman–Crippen MR) is 100 cm³/mol. The number of aromatic nitrogens is 2. The van der Waals surface area contributed by atoms with Crippen LogP contribution >= 0.6 is 27.5 Å². The summed E-state index contributed by atoms with van der Waals surface area (Å²) in [6.45, 7) is -3.05. The SMILES string of the molecule is O=C(COc1ccc(Br)cc1)Nc1nc(-c2ccc(OC(F)F)cc2)ns1. The van der Waals surface area contributed by atoms with E-state index >= 15 is 0 Å². The molecular formula is C17H12BrF2N3O3S. The molecule has 1 amide bonds. The molecule has 1 aromatic heterocycles. The lowest BCUT2D eigenvalue weighted by Gasteiger charge is -2.05. The fourth-order valence-corrected chi connectivity index (χ4v) is 2.88. The van der Waals surface area contributed by atoms with Crippen LogP contribution in [0.4, 0.5) is 13.9 Å². The van der Waals surface area contributed by atoms with Crippen molar-refractivity contribution >= 4 is 38.5 Å². The lowest BCUT2D eigenvalue weighted by Crippen LogP contribution is -2.20.